The molecule has 2 unspecified atom stereocenters. The van der Waals surface area contributed by atoms with E-state index in [1.165, 1.54) is 0 Å². The van der Waals surface area contributed by atoms with Crippen molar-refractivity contribution in [3.05, 3.63) is 0 Å². The van der Waals surface area contributed by atoms with E-state index >= 15 is 0 Å². The van der Waals surface area contributed by atoms with Crippen LogP contribution in [0.3, 0.4) is 0 Å². The molecular formula is C13H26N2O2. The Bertz CT molecular complexity index is 242. The summed E-state index contributed by atoms with van der Waals surface area (Å²) >= 11 is 0. The van der Waals surface area contributed by atoms with Crippen molar-refractivity contribution in [1.29, 1.82) is 0 Å². The van der Waals surface area contributed by atoms with E-state index in [0.717, 1.165) is 25.9 Å². The van der Waals surface area contributed by atoms with Crippen LogP contribution in [0.1, 0.15) is 40.0 Å². The normalized spacial score (nSPS) is 22.5. The first-order valence-electron chi connectivity index (χ1n) is 6.52. The maximum atomic E-state index is 12.0. The molecule has 0 aromatic carbocycles. The molecule has 1 saturated heterocycles. The van der Waals surface area contributed by atoms with Crippen LogP contribution in [0.15, 0.2) is 0 Å². The highest BCUT2D eigenvalue weighted by Gasteiger charge is 2.24. The van der Waals surface area contributed by atoms with E-state index in [4.69, 9.17) is 10.5 Å². The summed E-state index contributed by atoms with van der Waals surface area (Å²) in [5.74, 6) is -0.0191. The molecule has 100 valence electrons. The van der Waals surface area contributed by atoms with Crippen molar-refractivity contribution in [2.45, 2.75) is 46.1 Å². The third kappa shape index (κ3) is 5.50. The van der Waals surface area contributed by atoms with E-state index in [1.54, 1.807) is 0 Å². The Hall–Kier alpha value is -0.610. The summed E-state index contributed by atoms with van der Waals surface area (Å²) in [6.07, 6.45) is 3.17. The first-order valence-corrected chi connectivity index (χ1v) is 6.52. The van der Waals surface area contributed by atoms with Gasteiger partial charge in [-0.2, -0.15) is 0 Å². The number of amides is 1. The number of carbonyl (C=O) groups is 1. The minimum Gasteiger partial charge on any atom is -0.376 e. The van der Waals surface area contributed by atoms with Crippen LogP contribution in [-0.2, 0) is 9.53 Å². The van der Waals surface area contributed by atoms with E-state index in [9.17, 15) is 4.79 Å². The third-order valence-corrected chi connectivity index (χ3v) is 3.04. The van der Waals surface area contributed by atoms with Crippen LogP contribution < -0.4 is 11.1 Å². The van der Waals surface area contributed by atoms with E-state index < -0.39 is 0 Å². The van der Waals surface area contributed by atoms with Crippen LogP contribution in [0.2, 0.25) is 0 Å². The zero-order valence-corrected chi connectivity index (χ0v) is 11.3. The molecule has 4 heteroatoms. The molecule has 1 amide bonds. The van der Waals surface area contributed by atoms with Crippen LogP contribution in [0, 0.1) is 11.3 Å². The quantitative estimate of drug-likeness (QED) is 0.763. The largest absolute Gasteiger partial charge is 0.376 e. The lowest BCUT2D eigenvalue weighted by atomic mass is 9.84. The van der Waals surface area contributed by atoms with Gasteiger partial charge in [0, 0.05) is 19.7 Å². The monoisotopic (exact) mass is 242 g/mol. The van der Waals surface area contributed by atoms with Crippen molar-refractivity contribution < 1.29 is 9.53 Å². The first kappa shape index (κ1) is 14.5. The zero-order chi connectivity index (χ0) is 12.9. The maximum Gasteiger partial charge on any atom is 0.224 e. The Labute approximate surface area is 104 Å². The molecule has 1 aliphatic rings. The molecule has 0 aromatic heterocycles. The number of hydrogen-bond acceptors (Lipinski definition) is 3. The molecule has 0 saturated carbocycles. The SMILES string of the molecule is CC(C)(C)CC(CN)C(=O)NCC1CCCO1. The number of carbonyl (C=O) groups excluding carboxylic acids is 1. The van der Waals surface area contributed by atoms with Crippen molar-refractivity contribution in [3.8, 4) is 0 Å². The predicted octanol–water partition coefficient (Wildman–Crippen LogP) is 1.29. The fourth-order valence-corrected chi connectivity index (χ4v) is 2.19. The van der Waals surface area contributed by atoms with Gasteiger partial charge in [-0.3, -0.25) is 4.79 Å². The summed E-state index contributed by atoms with van der Waals surface area (Å²) in [7, 11) is 0. The molecule has 1 rings (SSSR count). The van der Waals surface area contributed by atoms with Gasteiger partial charge >= 0.3 is 0 Å². The van der Waals surface area contributed by atoms with Gasteiger partial charge in [-0.15, -0.1) is 0 Å². The molecular weight excluding hydrogens is 216 g/mol. The molecule has 4 nitrogen and oxygen atoms in total. The van der Waals surface area contributed by atoms with Gasteiger partial charge in [0.15, 0.2) is 0 Å². The number of ether oxygens (including phenoxy) is 1. The Morgan fingerprint density at radius 3 is 2.71 bits per heavy atom. The van der Waals surface area contributed by atoms with E-state index in [2.05, 4.69) is 26.1 Å². The fraction of sp³-hybridized carbons (Fsp3) is 0.923. The molecule has 0 aliphatic carbocycles. The summed E-state index contributed by atoms with van der Waals surface area (Å²) in [5.41, 5.74) is 5.80. The Morgan fingerprint density at radius 1 is 1.53 bits per heavy atom. The molecule has 0 aromatic rings. The Kier molecular flexibility index (Phi) is 5.40. The second kappa shape index (κ2) is 6.36. The Balaban J connectivity index is 2.32. The highest BCUT2D eigenvalue weighted by atomic mass is 16.5. The number of nitrogens with two attached hydrogens (primary N) is 1. The minimum atomic E-state index is -0.0867. The van der Waals surface area contributed by atoms with Crippen LogP contribution >= 0.6 is 0 Å². The second-order valence-corrected chi connectivity index (χ2v) is 6.08. The fourth-order valence-electron chi connectivity index (χ4n) is 2.19. The lowest BCUT2D eigenvalue weighted by molar-refractivity contribution is -0.126. The number of hydrogen-bond donors (Lipinski definition) is 2. The summed E-state index contributed by atoms with van der Waals surface area (Å²) in [6.45, 7) is 8.24. The maximum absolute atomic E-state index is 12.0. The van der Waals surface area contributed by atoms with Gasteiger partial charge in [-0.25, -0.2) is 0 Å². The van der Waals surface area contributed by atoms with Crippen molar-refractivity contribution in [3.63, 3.8) is 0 Å². The average Bonchev–Trinajstić information content (AvgIpc) is 2.74. The van der Waals surface area contributed by atoms with Crippen LogP contribution in [0.25, 0.3) is 0 Å². The smallest absolute Gasteiger partial charge is 0.224 e. The highest BCUT2D eigenvalue weighted by molar-refractivity contribution is 5.78. The second-order valence-electron chi connectivity index (χ2n) is 6.08. The van der Waals surface area contributed by atoms with Crippen LogP contribution in [0.5, 0.6) is 0 Å². The van der Waals surface area contributed by atoms with Gasteiger partial charge < -0.3 is 15.8 Å². The highest BCUT2D eigenvalue weighted by Crippen LogP contribution is 2.24. The summed E-state index contributed by atoms with van der Waals surface area (Å²) in [4.78, 5) is 12.0. The van der Waals surface area contributed by atoms with Crippen LogP contribution in [-0.4, -0.2) is 31.7 Å². The Morgan fingerprint density at radius 2 is 2.24 bits per heavy atom. The van der Waals surface area contributed by atoms with Crippen molar-refractivity contribution in [2.75, 3.05) is 19.7 Å². The molecule has 1 fully saturated rings. The first-order chi connectivity index (χ1) is 7.92. The molecule has 2 atom stereocenters. The van der Waals surface area contributed by atoms with E-state index in [-0.39, 0.29) is 23.3 Å². The minimum absolute atomic E-state index is 0.0675. The van der Waals surface area contributed by atoms with E-state index in [1.807, 2.05) is 0 Å². The van der Waals surface area contributed by atoms with Crippen molar-refractivity contribution in [1.82, 2.24) is 5.32 Å². The van der Waals surface area contributed by atoms with Gasteiger partial charge in [0.05, 0.1) is 12.0 Å². The zero-order valence-electron chi connectivity index (χ0n) is 11.3. The van der Waals surface area contributed by atoms with Gasteiger partial charge in [-0.1, -0.05) is 20.8 Å². The molecule has 1 aliphatic heterocycles. The molecule has 0 radical (unpaired) electrons. The van der Waals surface area contributed by atoms with Gasteiger partial charge in [-0.05, 0) is 24.7 Å². The van der Waals surface area contributed by atoms with Crippen molar-refractivity contribution >= 4 is 5.91 Å². The third-order valence-electron chi connectivity index (χ3n) is 3.04. The van der Waals surface area contributed by atoms with Gasteiger partial charge in [0.25, 0.3) is 0 Å². The predicted molar refractivity (Wildman–Crippen MR) is 68.6 cm³/mol. The van der Waals surface area contributed by atoms with Gasteiger partial charge in [0.2, 0.25) is 5.91 Å². The van der Waals surface area contributed by atoms with Gasteiger partial charge in [0.1, 0.15) is 0 Å². The summed E-state index contributed by atoms with van der Waals surface area (Å²) in [5, 5.41) is 2.95. The van der Waals surface area contributed by atoms with Crippen molar-refractivity contribution in [2.24, 2.45) is 17.1 Å². The van der Waals surface area contributed by atoms with Crippen LogP contribution in [0.4, 0.5) is 0 Å². The number of rotatable bonds is 5. The lowest BCUT2D eigenvalue weighted by Gasteiger charge is -2.24. The number of nitrogens with one attached hydrogen (secondary N) is 1. The molecule has 1 heterocycles. The average molecular weight is 242 g/mol. The molecule has 17 heavy (non-hydrogen) atoms. The summed E-state index contributed by atoms with van der Waals surface area (Å²) < 4.78 is 5.47. The lowest BCUT2D eigenvalue weighted by Crippen LogP contribution is -2.40. The standard InChI is InChI=1S/C13H26N2O2/c1-13(2,3)7-10(8-14)12(16)15-9-11-5-4-6-17-11/h10-11H,4-9,14H2,1-3H3,(H,15,16). The van der Waals surface area contributed by atoms with E-state index in [0.29, 0.717) is 13.1 Å². The molecule has 0 bridgehead atoms. The molecule has 0 spiro atoms. The topological polar surface area (TPSA) is 64.4 Å². The summed E-state index contributed by atoms with van der Waals surface area (Å²) in [6, 6.07) is 0. The molecule has 3 N–H and O–H groups in total.